The van der Waals surface area contributed by atoms with Crippen molar-refractivity contribution >= 4 is 22.7 Å². The van der Waals surface area contributed by atoms with Gasteiger partial charge in [-0.25, -0.2) is 9.97 Å². The molecule has 1 aliphatic rings. The molecule has 6 heteroatoms. The molecule has 2 aromatic rings. The third-order valence-corrected chi connectivity index (χ3v) is 2.12. The van der Waals surface area contributed by atoms with E-state index in [0.717, 1.165) is 16.8 Å². The van der Waals surface area contributed by atoms with Crippen molar-refractivity contribution in [3.8, 4) is 0 Å². The van der Waals surface area contributed by atoms with Gasteiger partial charge in [0.2, 0.25) is 0 Å². The quantitative estimate of drug-likeness (QED) is 0.581. The minimum Gasteiger partial charge on any atom is -0.382 e. The summed E-state index contributed by atoms with van der Waals surface area (Å²) in [6, 6.07) is 0. The highest BCUT2D eigenvalue weighted by atomic mass is 15.2. The molecular formula is C7H6N6. The van der Waals surface area contributed by atoms with E-state index in [1.165, 1.54) is 6.33 Å². The summed E-state index contributed by atoms with van der Waals surface area (Å²) in [5.74, 6) is 1.25. The van der Waals surface area contributed by atoms with Gasteiger partial charge in [-0.2, -0.15) is 0 Å². The summed E-state index contributed by atoms with van der Waals surface area (Å²) in [4.78, 5) is 8.08. The van der Waals surface area contributed by atoms with E-state index in [0.29, 0.717) is 18.0 Å². The van der Waals surface area contributed by atoms with Crippen molar-refractivity contribution in [1.82, 2.24) is 20.2 Å². The summed E-state index contributed by atoms with van der Waals surface area (Å²) in [5.41, 5.74) is 7.20. The minimum atomic E-state index is 0.452. The summed E-state index contributed by atoms with van der Waals surface area (Å²) in [7, 11) is 0. The molecule has 64 valence electrons. The Morgan fingerprint density at radius 3 is 3.15 bits per heavy atom. The SMILES string of the molecule is Nc1nnc2ncnc3c2c1CN3. The molecule has 2 aromatic heterocycles. The first-order valence-corrected chi connectivity index (χ1v) is 3.86. The third-order valence-electron chi connectivity index (χ3n) is 2.12. The molecule has 1 aliphatic heterocycles. The molecule has 0 saturated heterocycles. The number of aromatic nitrogens is 4. The Balaban J connectivity index is 2.56. The number of nitrogens with two attached hydrogens (primary N) is 1. The molecule has 0 aromatic carbocycles. The number of nitrogen functional groups attached to an aromatic ring is 1. The number of nitrogens with zero attached hydrogens (tertiary/aromatic N) is 4. The van der Waals surface area contributed by atoms with Gasteiger partial charge in [-0.1, -0.05) is 0 Å². The van der Waals surface area contributed by atoms with Crippen LogP contribution in [-0.2, 0) is 6.54 Å². The van der Waals surface area contributed by atoms with E-state index in [4.69, 9.17) is 5.73 Å². The van der Waals surface area contributed by atoms with Crippen LogP contribution in [0.4, 0.5) is 11.6 Å². The van der Waals surface area contributed by atoms with Crippen LogP contribution >= 0.6 is 0 Å². The average molecular weight is 174 g/mol. The van der Waals surface area contributed by atoms with Gasteiger partial charge in [0, 0.05) is 12.1 Å². The highest BCUT2D eigenvalue weighted by Crippen LogP contribution is 2.30. The topological polar surface area (TPSA) is 89.6 Å². The molecule has 0 unspecified atom stereocenters. The zero-order valence-electron chi connectivity index (χ0n) is 6.65. The Labute approximate surface area is 73.2 Å². The van der Waals surface area contributed by atoms with E-state index in [2.05, 4.69) is 25.5 Å². The van der Waals surface area contributed by atoms with E-state index in [1.54, 1.807) is 0 Å². The van der Waals surface area contributed by atoms with Crippen molar-refractivity contribution in [1.29, 1.82) is 0 Å². The molecule has 0 fully saturated rings. The maximum Gasteiger partial charge on any atom is 0.187 e. The predicted octanol–water partition coefficient (Wildman–Crippen LogP) is -0.0725. The number of rotatable bonds is 0. The third kappa shape index (κ3) is 0.715. The first-order chi connectivity index (χ1) is 6.36. The predicted molar refractivity (Wildman–Crippen MR) is 46.9 cm³/mol. The summed E-state index contributed by atoms with van der Waals surface area (Å²) in [5, 5.41) is 11.7. The van der Waals surface area contributed by atoms with Crippen LogP contribution in [0.1, 0.15) is 5.56 Å². The first kappa shape index (κ1) is 6.53. The van der Waals surface area contributed by atoms with Crippen LogP contribution in [0, 0.1) is 0 Å². The Hall–Kier alpha value is -1.98. The number of anilines is 2. The van der Waals surface area contributed by atoms with Crippen molar-refractivity contribution in [3.05, 3.63) is 11.9 Å². The smallest absolute Gasteiger partial charge is 0.187 e. The average Bonchev–Trinajstić information content (AvgIpc) is 2.57. The van der Waals surface area contributed by atoms with Crippen molar-refractivity contribution in [2.24, 2.45) is 0 Å². The van der Waals surface area contributed by atoms with Gasteiger partial charge < -0.3 is 11.1 Å². The fraction of sp³-hybridized carbons (Fsp3) is 0.143. The zero-order chi connectivity index (χ0) is 8.84. The largest absolute Gasteiger partial charge is 0.382 e. The van der Waals surface area contributed by atoms with E-state index < -0.39 is 0 Å². The van der Waals surface area contributed by atoms with Crippen LogP contribution in [0.25, 0.3) is 11.0 Å². The second-order valence-electron chi connectivity index (χ2n) is 2.84. The monoisotopic (exact) mass is 174 g/mol. The van der Waals surface area contributed by atoms with Gasteiger partial charge in [0.1, 0.15) is 12.1 Å². The molecule has 3 rings (SSSR count). The van der Waals surface area contributed by atoms with Crippen molar-refractivity contribution in [2.75, 3.05) is 11.1 Å². The molecule has 0 atom stereocenters. The summed E-state index contributed by atoms with van der Waals surface area (Å²) < 4.78 is 0. The Bertz CT molecular complexity index is 494. The molecule has 0 radical (unpaired) electrons. The maximum atomic E-state index is 5.66. The molecule has 0 saturated carbocycles. The Morgan fingerprint density at radius 1 is 1.31 bits per heavy atom. The fourth-order valence-corrected chi connectivity index (χ4v) is 1.50. The standard InChI is InChI=1S/C7H6N6/c8-5-3-1-9-6-4(3)7(13-12-5)11-2-10-6/h2H,1H2,(H2,8,12)(H,9,10,11,13). The van der Waals surface area contributed by atoms with E-state index >= 15 is 0 Å². The molecular weight excluding hydrogens is 168 g/mol. The molecule has 3 heterocycles. The molecule has 0 bridgehead atoms. The summed E-state index contributed by atoms with van der Waals surface area (Å²) in [6.07, 6.45) is 1.46. The number of hydrogen-bond donors (Lipinski definition) is 2. The van der Waals surface area contributed by atoms with E-state index in [1.807, 2.05) is 0 Å². The second-order valence-corrected chi connectivity index (χ2v) is 2.84. The van der Waals surface area contributed by atoms with Crippen LogP contribution in [0.3, 0.4) is 0 Å². The van der Waals surface area contributed by atoms with Gasteiger partial charge in [0.25, 0.3) is 0 Å². The zero-order valence-corrected chi connectivity index (χ0v) is 6.65. The Morgan fingerprint density at radius 2 is 2.23 bits per heavy atom. The summed E-state index contributed by atoms with van der Waals surface area (Å²) in [6.45, 7) is 0.659. The van der Waals surface area contributed by atoms with Crippen LogP contribution < -0.4 is 11.1 Å². The lowest BCUT2D eigenvalue weighted by Crippen LogP contribution is -1.99. The number of nitrogens with one attached hydrogen (secondary N) is 1. The minimum absolute atomic E-state index is 0.452. The van der Waals surface area contributed by atoms with Gasteiger partial charge in [-0.3, -0.25) is 0 Å². The normalized spacial score (nSPS) is 13.2. The number of hydrogen-bond acceptors (Lipinski definition) is 6. The Kier molecular flexibility index (Phi) is 1.02. The van der Waals surface area contributed by atoms with Gasteiger partial charge in [0.05, 0.1) is 5.39 Å². The maximum absolute atomic E-state index is 5.66. The van der Waals surface area contributed by atoms with Gasteiger partial charge in [-0.15, -0.1) is 10.2 Å². The van der Waals surface area contributed by atoms with Crippen LogP contribution in [0.15, 0.2) is 6.33 Å². The lowest BCUT2D eigenvalue weighted by Gasteiger charge is -1.98. The molecule has 13 heavy (non-hydrogen) atoms. The van der Waals surface area contributed by atoms with Crippen molar-refractivity contribution < 1.29 is 0 Å². The molecule has 0 spiro atoms. The first-order valence-electron chi connectivity index (χ1n) is 3.86. The van der Waals surface area contributed by atoms with Crippen molar-refractivity contribution in [3.63, 3.8) is 0 Å². The van der Waals surface area contributed by atoms with E-state index in [9.17, 15) is 0 Å². The highest BCUT2D eigenvalue weighted by Gasteiger charge is 2.19. The molecule has 3 N–H and O–H groups in total. The molecule has 6 nitrogen and oxygen atoms in total. The fourth-order valence-electron chi connectivity index (χ4n) is 1.50. The van der Waals surface area contributed by atoms with Crippen molar-refractivity contribution in [2.45, 2.75) is 6.54 Å². The lowest BCUT2D eigenvalue weighted by atomic mass is 10.2. The summed E-state index contributed by atoms with van der Waals surface area (Å²) >= 11 is 0. The highest BCUT2D eigenvalue weighted by molar-refractivity contribution is 5.94. The van der Waals surface area contributed by atoms with Crippen LogP contribution in [0.5, 0.6) is 0 Å². The molecule has 0 amide bonds. The van der Waals surface area contributed by atoms with Crippen LogP contribution in [0.2, 0.25) is 0 Å². The second kappa shape index (κ2) is 2.03. The van der Waals surface area contributed by atoms with Gasteiger partial charge in [-0.05, 0) is 0 Å². The van der Waals surface area contributed by atoms with Crippen LogP contribution in [-0.4, -0.2) is 20.2 Å². The van der Waals surface area contributed by atoms with Gasteiger partial charge in [0.15, 0.2) is 11.5 Å². The van der Waals surface area contributed by atoms with Gasteiger partial charge >= 0.3 is 0 Å². The van der Waals surface area contributed by atoms with E-state index in [-0.39, 0.29) is 0 Å². The molecule has 0 aliphatic carbocycles. The lowest BCUT2D eigenvalue weighted by molar-refractivity contribution is 1.04.